The largest absolute Gasteiger partial charge is 0.282 e. The molecule has 0 amide bonds. The first-order chi connectivity index (χ1) is 8.65. The van der Waals surface area contributed by atoms with E-state index >= 15 is 0 Å². The summed E-state index contributed by atoms with van der Waals surface area (Å²) in [5.41, 5.74) is 1.17. The lowest BCUT2D eigenvalue weighted by atomic mass is 10.3. The van der Waals surface area contributed by atoms with Gasteiger partial charge in [0.25, 0.3) is 5.56 Å². The Kier molecular flexibility index (Phi) is 2.52. The summed E-state index contributed by atoms with van der Waals surface area (Å²) in [5.74, 6) is 0.631. The van der Waals surface area contributed by atoms with Crippen LogP contribution >= 0.6 is 15.9 Å². The Bertz CT molecular complexity index is 773. The van der Waals surface area contributed by atoms with Crippen molar-refractivity contribution in [1.29, 1.82) is 0 Å². The van der Waals surface area contributed by atoms with Crippen molar-refractivity contribution in [3.63, 3.8) is 0 Å². The van der Waals surface area contributed by atoms with Crippen molar-refractivity contribution < 1.29 is 0 Å². The van der Waals surface area contributed by atoms with Gasteiger partial charge in [0.2, 0.25) is 0 Å². The van der Waals surface area contributed by atoms with Crippen LogP contribution in [0.1, 0.15) is 5.82 Å². The van der Waals surface area contributed by atoms with Gasteiger partial charge in [-0.15, -0.1) is 0 Å². The Hall–Kier alpha value is -1.95. The van der Waals surface area contributed by atoms with Gasteiger partial charge in [0.05, 0.1) is 5.69 Å². The van der Waals surface area contributed by atoms with Gasteiger partial charge in [-0.25, -0.2) is 14.6 Å². The van der Waals surface area contributed by atoms with Crippen LogP contribution in [0, 0.1) is 6.92 Å². The Morgan fingerprint density at radius 3 is 2.72 bits per heavy atom. The first-order valence-electron chi connectivity index (χ1n) is 5.35. The molecule has 1 aromatic carbocycles. The fourth-order valence-electron chi connectivity index (χ4n) is 1.76. The molecule has 0 atom stereocenters. The molecule has 0 unspecified atom stereocenters. The van der Waals surface area contributed by atoms with Gasteiger partial charge in [-0.05, 0) is 31.2 Å². The second kappa shape index (κ2) is 4.06. The van der Waals surface area contributed by atoms with Crippen LogP contribution in [0.4, 0.5) is 0 Å². The summed E-state index contributed by atoms with van der Waals surface area (Å²) in [4.78, 5) is 20.4. The minimum atomic E-state index is -0.146. The van der Waals surface area contributed by atoms with E-state index < -0.39 is 0 Å². The van der Waals surface area contributed by atoms with Crippen molar-refractivity contribution in [3.05, 3.63) is 51.1 Å². The number of aromatic amines is 1. The lowest BCUT2D eigenvalue weighted by Gasteiger charge is -2.00. The van der Waals surface area contributed by atoms with Gasteiger partial charge in [-0.2, -0.15) is 0 Å². The van der Waals surface area contributed by atoms with E-state index in [2.05, 4.69) is 31.0 Å². The number of benzene rings is 1. The molecule has 0 aliphatic heterocycles. The third kappa shape index (κ3) is 1.74. The number of hydrogen-bond acceptors (Lipinski definition) is 3. The van der Waals surface area contributed by atoms with Crippen molar-refractivity contribution in [2.45, 2.75) is 6.92 Å². The van der Waals surface area contributed by atoms with Gasteiger partial charge < -0.3 is 0 Å². The number of hydrogen-bond donors (Lipinski definition) is 1. The Morgan fingerprint density at radius 2 is 2.00 bits per heavy atom. The summed E-state index contributed by atoms with van der Waals surface area (Å²) in [6.07, 6.45) is 1.55. The average Bonchev–Trinajstić information content (AvgIpc) is 2.67. The number of aromatic nitrogens is 4. The molecule has 0 radical (unpaired) electrons. The Balaban J connectivity index is 2.27. The predicted octanol–water partition coefficient (Wildman–Crippen LogP) is 2.18. The molecule has 0 saturated carbocycles. The minimum absolute atomic E-state index is 0.146. The highest BCUT2D eigenvalue weighted by Crippen LogP contribution is 2.13. The van der Waals surface area contributed by atoms with Gasteiger partial charge in [-0.1, -0.05) is 15.9 Å². The summed E-state index contributed by atoms with van der Waals surface area (Å²) >= 11 is 3.36. The van der Waals surface area contributed by atoms with Crippen molar-refractivity contribution in [3.8, 4) is 5.69 Å². The van der Waals surface area contributed by atoms with Crippen molar-refractivity contribution in [1.82, 2.24) is 19.7 Å². The molecule has 1 N–H and O–H groups in total. The highest BCUT2D eigenvalue weighted by atomic mass is 79.9. The summed E-state index contributed by atoms with van der Waals surface area (Å²) in [6.45, 7) is 1.79. The Labute approximate surface area is 111 Å². The minimum Gasteiger partial charge on any atom is -0.273 e. The van der Waals surface area contributed by atoms with E-state index in [0.717, 1.165) is 10.2 Å². The molecule has 90 valence electrons. The van der Waals surface area contributed by atoms with Crippen LogP contribution < -0.4 is 5.56 Å². The maximum atomic E-state index is 12.2. The quantitative estimate of drug-likeness (QED) is 0.749. The van der Waals surface area contributed by atoms with Crippen LogP contribution in [0.2, 0.25) is 0 Å². The first kappa shape index (κ1) is 11.2. The number of aryl methyl sites for hydroxylation is 1. The normalized spacial score (nSPS) is 11.0. The van der Waals surface area contributed by atoms with Gasteiger partial charge in [0.1, 0.15) is 11.2 Å². The van der Waals surface area contributed by atoms with Gasteiger partial charge in [0, 0.05) is 10.7 Å². The van der Waals surface area contributed by atoms with Crippen LogP contribution in [-0.2, 0) is 0 Å². The Morgan fingerprint density at radius 1 is 1.28 bits per heavy atom. The van der Waals surface area contributed by atoms with Crippen molar-refractivity contribution in [2.24, 2.45) is 0 Å². The van der Waals surface area contributed by atoms with Crippen LogP contribution in [0.15, 0.2) is 39.7 Å². The van der Waals surface area contributed by atoms with Crippen molar-refractivity contribution >= 4 is 27.0 Å². The zero-order valence-corrected chi connectivity index (χ0v) is 11.1. The number of halogens is 1. The van der Waals surface area contributed by atoms with Crippen molar-refractivity contribution in [2.75, 3.05) is 0 Å². The molecular weight excluding hydrogens is 296 g/mol. The molecule has 18 heavy (non-hydrogen) atoms. The van der Waals surface area contributed by atoms with Crippen LogP contribution in [0.5, 0.6) is 0 Å². The number of nitrogens with one attached hydrogen (secondary N) is 1. The fourth-order valence-corrected chi connectivity index (χ4v) is 2.03. The number of H-pyrrole nitrogens is 1. The molecule has 0 saturated heterocycles. The van der Waals surface area contributed by atoms with E-state index in [1.807, 2.05) is 24.3 Å². The zero-order valence-electron chi connectivity index (χ0n) is 9.51. The van der Waals surface area contributed by atoms with Gasteiger partial charge in [0.15, 0.2) is 5.65 Å². The van der Waals surface area contributed by atoms with Gasteiger partial charge in [-0.3, -0.25) is 9.89 Å². The maximum Gasteiger partial charge on any atom is 0.282 e. The molecule has 5 nitrogen and oxygen atoms in total. The summed E-state index contributed by atoms with van der Waals surface area (Å²) in [6, 6.07) is 7.46. The van der Waals surface area contributed by atoms with E-state index in [0.29, 0.717) is 16.9 Å². The average molecular weight is 305 g/mol. The summed E-state index contributed by atoms with van der Waals surface area (Å²) in [7, 11) is 0. The molecule has 3 rings (SSSR count). The third-order valence-electron chi connectivity index (χ3n) is 2.65. The van der Waals surface area contributed by atoms with E-state index in [1.165, 1.54) is 4.68 Å². The first-order valence-corrected chi connectivity index (χ1v) is 6.15. The molecule has 0 aliphatic carbocycles. The molecule has 0 aliphatic rings. The highest BCUT2D eigenvalue weighted by molar-refractivity contribution is 9.10. The summed E-state index contributed by atoms with van der Waals surface area (Å²) < 4.78 is 2.43. The standard InChI is InChI=1S/C12H9BrN4O/c1-7-14-6-10-11(15-7)16-17(12(10)18)9-4-2-8(13)3-5-9/h2-6H,1H3,(H,14,15,16). The number of fused-ring (bicyclic) bond motifs is 1. The van der Waals surface area contributed by atoms with Crippen LogP contribution in [0.3, 0.4) is 0 Å². The monoisotopic (exact) mass is 304 g/mol. The topological polar surface area (TPSA) is 63.6 Å². The third-order valence-corrected chi connectivity index (χ3v) is 3.17. The van der Waals surface area contributed by atoms with Crippen LogP contribution in [0.25, 0.3) is 16.7 Å². The molecular formula is C12H9BrN4O. The SMILES string of the molecule is Cc1ncc2c(=O)n(-c3ccc(Br)cc3)[nH]c2n1. The number of nitrogens with zero attached hydrogens (tertiary/aromatic N) is 3. The fraction of sp³-hybridized carbons (Fsp3) is 0.0833. The smallest absolute Gasteiger partial charge is 0.273 e. The second-order valence-electron chi connectivity index (χ2n) is 3.91. The maximum absolute atomic E-state index is 12.2. The molecule has 0 fully saturated rings. The van der Waals surface area contributed by atoms with Gasteiger partial charge >= 0.3 is 0 Å². The number of rotatable bonds is 1. The van der Waals surface area contributed by atoms with E-state index in [-0.39, 0.29) is 5.56 Å². The molecule has 3 aromatic rings. The van der Waals surface area contributed by atoms with E-state index in [9.17, 15) is 4.79 Å². The lowest BCUT2D eigenvalue weighted by Crippen LogP contribution is -2.14. The summed E-state index contributed by atoms with van der Waals surface area (Å²) in [5, 5.41) is 3.47. The highest BCUT2D eigenvalue weighted by Gasteiger charge is 2.09. The van der Waals surface area contributed by atoms with Crippen LogP contribution in [-0.4, -0.2) is 19.7 Å². The zero-order chi connectivity index (χ0) is 12.7. The lowest BCUT2D eigenvalue weighted by molar-refractivity contribution is 0.856. The molecule has 2 aromatic heterocycles. The second-order valence-corrected chi connectivity index (χ2v) is 4.82. The molecule has 2 heterocycles. The molecule has 0 spiro atoms. The predicted molar refractivity (Wildman–Crippen MR) is 71.9 cm³/mol. The van der Waals surface area contributed by atoms with E-state index in [1.54, 1.807) is 13.1 Å². The van der Waals surface area contributed by atoms with E-state index in [4.69, 9.17) is 0 Å². The molecule has 6 heteroatoms. The molecule has 0 bridgehead atoms.